The summed E-state index contributed by atoms with van der Waals surface area (Å²) in [6.07, 6.45) is 0. The molecule has 1 aromatic heterocycles. The summed E-state index contributed by atoms with van der Waals surface area (Å²) in [5.41, 5.74) is 1.11. The molecule has 0 amide bonds. The van der Waals surface area contributed by atoms with Crippen LogP contribution in [-0.2, 0) is 6.54 Å². The first-order valence-electron chi connectivity index (χ1n) is 5.84. The van der Waals surface area contributed by atoms with Crippen LogP contribution in [-0.4, -0.2) is 16.4 Å². The summed E-state index contributed by atoms with van der Waals surface area (Å²) in [4.78, 5) is 4.62. The Morgan fingerprint density at radius 2 is 2.12 bits per heavy atom. The van der Waals surface area contributed by atoms with Gasteiger partial charge in [-0.3, -0.25) is 0 Å². The van der Waals surface area contributed by atoms with E-state index >= 15 is 0 Å². The number of hydrogen-bond donors (Lipinski definition) is 1. The Labute approximate surface area is 115 Å². The first kappa shape index (κ1) is 13.0. The Morgan fingerprint density at radius 1 is 1.35 bits per heavy atom. The van der Waals surface area contributed by atoms with Crippen molar-refractivity contribution in [1.82, 2.24) is 10.3 Å². The highest BCUT2D eigenvalue weighted by atomic mass is 79.9. The highest BCUT2D eigenvalue weighted by Crippen LogP contribution is 2.21. The van der Waals surface area contributed by atoms with Crippen LogP contribution in [0.1, 0.15) is 18.9 Å². The zero-order chi connectivity index (χ0) is 12.3. The Balaban J connectivity index is 2.03. The maximum Gasteiger partial charge on any atom is 0.108 e. The molecule has 1 aromatic carbocycles. The molecule has 0 aliphatic rings. The minimum atomic E-state index is 0.502. The fourth-order valence-electron chi connectivity index (χ4n) is 1.68. The second kappa shape index (κ2) is 5.94. The molecule has 1 atom stereocenters. The average Bonchev–Trinajstić information content (AvgIpc) is 2.71. The molecule has 0 aliphatic heterocycles. The van der Waals surface area contributed by atoms with Crippen molar-refractivity contribution in [3.8, 4) is 0 Å². The Hall–Kier alpha value is -0.450. The van der Waals surface area contributed by atoms with Crippen LogP contribution >= 0.6 is 27.3 Å². The maximum absolute atomic E-state index is 4.62. The molecular weight excluding hydrogens is 296 g/mol. The lowest BCUT2D eigenvalue weighted by molar-refractivity contribution is 0.434. The van der Waals surface area contributed by atoms with Crippen LogP contribution < -0.4 is 5.32 Å². The van der Waals surface area contributed by atoms with Crippen LogP contribution in [0.2, 0.25) is 0 Å². The normalized spacial score (nSPS) is 13.4. The number of halogens is 1. The molecule has 1 unspecified atom stereocenters. The largest absolute Gasteiger partial charge is 0.307 e. The Kier molecular flexibility index (Phi) is 4.54. The van der Waals surface area contributed by atoms with Gasteiger partial charge in [0.05, 0.1) is 10.2 Å². The second-order valence-electron chi connectivity index (χ2n) is 4.46. The molecule has 1 heterocycles. The van der Waals surface area contributed by atoms with E-state index in [1.807, 2.05) is 6.07 Å². The zero-order valence-electron chi connectivity index (χ0n) is 10.1. The minimum Gasteiger partial charge on any atom is -0.307 e. The molecule has 2 rings (SSSR count). The topological polar surface area (TPSA) is 24.9 Å². The predicted octanol–water partition coefficient (Wildman–Crippen LogP) is 3.81. The summed E-state index contributed by atoms with van der Waals surface area (Å²) in [6, 6.07) is 8.80. The summed E-state index contributed by atoms with van der Waals surface area (Å²) in [5, 5.41) is 5.69. The molecule has 0 spiro atoms. The van der Waals surface area contributed by atoms with E-state index in [0.29, 0.717) is 12.0 Å². The van der Waals surface area contributed by atoms with Crippen molar-refractivity contribution in [3.05, 3.63) is 29.3 Å². The van der Waals surface area contributed by atoms with Crippen LogP contribution in [0.15, 0.2) is 24.3 Å². The van der Waals surface area contributed by atoms with Gasteiger partial charge < -0.3 is 5.32 Å². The first-order valence-corrected chi connectivity index (χ1v) is 7.78. The molecule has 0 radical (unpaired) electrons. The standard InChI is InChI=1S/C13H17BrN2S/c1-9(2)11(7-14)15-8-13-16-10-5-3-4-6-12(10)17-13/h3-6,9,11,15H,7-8H2,1-2H3. The first-order chi connectivity index (χ1) is 8.20. The van der Waals surface area contributed by atoms with E-state index in [-0.39, 0.29) is 0 Å². The number of benzene rings is 1. The van der Waals surface area contributed by atoms with Gasteiger partial charge in [0, 0.05) is 17.9 Å². The molecule has 1 N–H and O–H groups in total. The van der Waals surface area contributed by atoms with E-state index < -0.39 is 0 Å². The molecule has 0 aliphatic carbocycles. The molecule has 0 saturated carbocycles. The minimum absolute atomic E-state index is 0.502. The van der Waals surface area contributed by atoms with Crippen molar-refractivity contribution >= 4 is 37.5 Å². The summed E-state index contributed by atoms with van der Waals surface area (Å²) >= 11 is 5.32. The quantitative estimate of drug-likeness (QED) is 0.849. The number of fused-ring (bicyclic) bond motifs is 1. The molecule has 4 heteroatoms. The SMILES string of the molecule is CC(C)C(CBr)NCc1nc2ccccc2s1. The van der Waals surface area contributed by atoms with Gasteiger partial charge in [0.25, 0.3) is 0 Å². The summed E-state index contributed by atoms with van der Waals surface area (Å²) in [6.45, 7) is 5.32. The molecule has 0 bridgehead atoms. The van der Waals surface area contributed by atoms with Gasteiger partial charge in [-0.1, -0.05) is 41.9 Å². The highest BCUT2D eigenvalue weighted by molar-refractivity contribution is 9.09. The Bertz CT molecular complexity index is 448. The number of aromatic nitrogens is 1. The molecule has 92 valence electrons. The van der Waals surface area contributed by atoms with Crippen LogP contribution in [0.3, 0.4) is 0 Å². The number of nitrogens with zero attached hydrogens (tertiary/aromatic N) is 1. The van der Waals surface area contributed by atoms with Crippen LogP contribution in [0, 0.1) is 5.92 Å². The van der Waals surface area contributed by atoms with E-state index in [1.54, 1.807) is 11.3 Å². The van der Waals surface area contributed by atoms with E-state index in [9.17, 15) is 0 Å². The summed E-state index contributed by atoms with van der Waals surface area (Å²) in [7, 11) is 0. The average molecular weight is 313 g/mol. The maximum atomic E-state index is 4.62. The fraction of sp³-hybridized carbons (Fsp3) is 0.462. The lowest BCUT2D eigenvalue weighted by Gasteiger charge is -2.18. The van der Waals surface area contributed by atoms with Crippen molar-refractivity contribution < 1.29 is 0 Å². The van der Waals surface area contributed by atoms with Gasteiger partial charge in [-0.05, 0) is 18.1 Å². The van der Waals surface area contributed by atoms with Gasteiger partial charge in [-0.15, -0.1) is 11.3 Å². The van der Waals surface area contributed by atoms with Gasteiger partial charge >= 0.3 is 0 Å². The number of thiazole rings is 1. The van der Waals surface area contributed by atoms with Crippen molar-refractivity contribution in [3.63, 3.8) is 0 Å². The number of para-hydroxylation sites is 1. The second-order valence-corrected chi connectivity index (χ2v) is 6.22. The van der Waals surface area contributed by atoms with Crippen LogP contribution in [0.4, 0.5) is 0 Å². The van der Waals surface area contributed by atoms with Crippen molar-refractivity contribution in [1.29, 1.82) is 0 Å². The molecule has 2 nitrogen and oxygen atoms in total. The third-order valence-corrected chi connectivity index (χ3v) is 4.56. The van der Waals surface area contributed by atoms with Gasteiger partial charge in [-0.25, -0.2) is 4.98 Å². The summed E-state index contributed by atoms with van der Waals surface area (Å²) in [5.74, 6) is 0.628. The van der Waals surface area contributed by atoms with Crippen LogP contribution in [0.25, 0.3) is 10.2 Å². The molecule has 17 heavy (non-hydrogen) atoms. The van der Waals surface area contributed by atoms with E-state index in [1.165, 1.54) is 4.70 Å². The van der Waals surface area contributed by atoms with Crippen molar-refractivity contribution in [2.75, 3.05) is 5.33 Å². The van der Waals surface area contributed by atoms with E-state index in [2.05, 4.69) is 58.3 Å². The molecule has 2 aromatic rings. The predicted molar refractivity (Wildman–Crippen MR) is 78.9 cm³/mol. The number of rotatable bonds is 5. The third kappa shape index (κ3) is 3.27. The van der Waals surface area contributed by atoms with Gasteiger partial charge in [0.1, 0.15) is 5.01 Å². The van der Waals surface area contributed by atoms with Gasteiger partial charge in [0.2, 0.25) is 0 Å². The monoisotopic (exact) mass is 312 g/mol. The van der Waals surface area contributed by atoms with E-state index in [4.69, 9.17) is 0 Å². The van der Waals surface area contributed by atoms with Gasteiger partial charge in [-0.2, -0.15) is 0 Å². The van der Waals surface area contributed by atoms with E-state index in [0.717, 1.165) is 22.4 Å². The molecular formula is C13H17BrN2S. The molecule has 0 saturated heterocycles. The Morgan fingerprint density at radius 3 is 2.76 bits per heavy atom. The number of alkyl halides is 1. The van der Waals surface area contributed by atoms with Crippen LogP contribution in [0.5, 0.6) is 0 Å². The smallest absolute Gasteiger partial charge is 0.108 e. The third-order valence-electron chi connectivity index (χ3n) is 2.82. The van der Waals surface area contributed by atoms with Gasteiger partial charge in [0.15, 0.2) is 0 Å². The fourth-order valence-corrected chi connectivity index (χ4v) is 3.58. The highest BCUT2D eigenvalue weighted by Gasteiger charge is 2.12. The lowest BCUT2D eigenvalue weighted by Crippen LogP contribution is -2.34. The summed E-state index contributed by atoms with van der Waals surface area (Å²) < 4.78 is 1.27. The molecule has 0 fully saturated rings. The number of nitrogens with one attached hydrogen (secondary N) is 1. The number of hydrogen-bond acceptors (Lipinski definition) is 3. The zero-order valence-corrected chi connectivity index (χ0v) is 12.5. The van der Waals surface area contributed by atoms with Crippen molar-refractivity contribution in [2.45, 2.75) is 26.4 Å². The lowest BCUT2D eigenvalue weighted by atomic mass is 10.1. The van der Waals surface area contributed by atoms with Crippen molar-refractivity contribution in [2.24, 2.45) is 5.92 Å².